The lowest BCUT2D eigenvalue weighted by Gasteiger charge is -2.30. The Balaban J connectivity index is 1.66. The van der Waals surface area contributed by atoms with Crippen LogP contribution in [0, 0.1) is 11.8 Å². The predicted octanol–water partition coefficient (Wildman–Crippen LogP) is 7.19. The van der Waals surface area contributed by atoms with Crippen LogP contribution in [0.3, 0.4) is 0 Å². The molecular weight excluding hydrogens is 558 g/mol. The van der Waals surface area contributed by atoms with Crippen LogP contribution in [-0.4, -0.2) is 42.8 Å². The average Bonchev–Trinajstić information content (AvgIpc) is 3.01. The van der Waals surface area contributed by atoms with Crippen molar-refractivity contribution in [1.82, 2.24) is 10.8 Å². The van der Waals surface area contributed by atoms with Crippen molar-refractivity contribution in [3.63, 3.8) is 0 Å². The van der Waals surface area contributed by atoms with E-state index < -0.39 is 6.29 Å². The first kappa shape index (κ1) is 37.7. The zero-order valence-corrected chi connectivity index (χ0v) is 28.0. The second kappa shape index (κ2) is 22.1. The largest absolute Gasteiger partial charge is 0.462 e. The minimum Gasteiger partial charge on any atom is -0.462 e. The van der Waals surface area contributed by atoms with Gasteiger partial charge in [-0.05, 0) is 75.5 Å². The van der Waals surface area contributed by atoms with Gasteiger partial charge in [-0.3, -0.25) is 14.4 Å². The summed E-state index contributed by atoms with van der Waals surface area (Å²) in [6.07, 6.45) is 12.3. The maximum atomic E-state index is 13.1. The average molecular weight is 618 g/mol. The van der Waals surface area contributed by atoms with Gasteiger partial charge in [-0.15, -0.1) is 0 Å². The molecule has 3 N–H and O–H groups in total. The molecule has 0 aromatic heterocycles. The number of amides is 2. The number of hydroxylamine groups is 1. The van der Waals surface area contributed by atoms with Gasteiger partial charge in [-0.1, -0.05) is 77.8 Å². The van der Waals surface area contributed by atoms with Crippen molar-refractivity contribution in [2.24, 2.45) is 11.8 Å². The number of carbonyl (C=O) groups excluding carboxylic acids is 3. The Bertz CT molecular complexity index is 948. The monoisotopic (exact) mass is 617 g/mol. The lowest BCUT2D eigenvalue weighted by atomic mass is 9.83. The van der Waals surface area contributed by atoms with Crippen molar-refractivity contribution in [3.8, 4) is 0 Å². The summed E-state index contributed by atoms with van der Waals surface area (Å²) in [5.74, 6) is 0.402. The summed E-state index contributed by atoms with van der Waals surface area (Å²) in [6, 6.07) is 7.50. The first-order valence-electron chi connectivity index (χ1n) is 17.1. The van der Waals surface area contributed by atoms with Gasteiger partial charge in [0.1, 0.15) is 6.04 Å². The summed E-state index contributed by atoms with van der Waals surface area (Å²) in [5, 5.41) is 6.47. The number of carbonyl (C=O) groups is 3. The fourth-order valence-electron chi connectivity index (χ4n) is 5.38. The molecule has 2 amide bonds. The van der Waals surface area contributed by atoms with E-state index in [1.807, 2.05) is 31.2 Å². The van der Waals surface area contributed by atoms with Crippen molar-refractivity contribution < 1.29 is 28.7 Å². The summed E-state index contributed by atoms with van der Waals surface area (Å²) in [6.45, 7) is 11.1. The predicted molar refractivity (Wildman–Crippen MR) is 175 cm³/mol. The highest BCUT2D eigenvalue weighted by Crippen LogP contribution is 2.28. The maximum absolute atomic E-state index is 13.1. The van der Waals surface area contributed by atoms with Crippen LogP contribution in [0.4, 0.5) is 5.69 Å². The summed E-state index contributed by atoms with van der Waals surface area (Å²) in [5.41, 5.74) is 4.26. The van der Waals surface area contributed by atoms with Gasteiger partial charge in [0.15, 0.2) is 6.29 Å². The Kier molecular flexibility index (Phi) is 18.9. The SMILES string of the molecule is CCCCC(C)OC(=O)C(NCc1ccc(NC(=O)CCCCCCC(=O)NOC(C)OCC(C)C)cc1)C1CCCCC1. The van der Waals surface area contributed by atoms with E-state index in [0.717, 1.165) is 81.9 Å². The molecule has 1 aliphatic rings. The van der Waals surface area contributed by atoms with Crippen LogP contribution in [-0.2, 0) is 35.2 Å². The smallest absolute Gasteiger partial charge is 0.323 e. The molecule has 2 rings (SSSR count). The van der Waals surface area contributed by atoms with Crippen molar-refractivity contribution in [2.75, 3.05) is 11.9 Å². The van der Waals surface area contributed by atoms with Gasteiger partial charge in [0.25, 0.3) is 0 Å². The Morgan fingerprint density at radius 2 is 1.52 bits per heavy atom. The zero-order valence-electron chi connectivity index (χ0n) is 28.0. The van der Waals surface area contributed by atoms with Crippen LogP contribution in [0.15, 0.2) is 24.3 Å². The number of nitrogens with one attached hydrogen (secondary N) is 3. The molecule has 9 heteroatoms. The molecule has 1 fully saturated rings. The summed E-state index contributed by atoms with van der Waals surface area (Å²) >= 11 is 0. The van der Waals surface area contributed by atoms with Crippen LogP contribution in [0.2, 0.25) is 0 Å². The third-order valence-electron chi connectivity index (χ3n) is 7.98. The standard InChI is InChI=1S/C35H59N3O6/c1-6-7-15-27(4)43-35(41)34(30-16-11-10-12-17-30)36-24-29-20-22-31(23-21-29)37-32(39)18-13-8-9-14-19-33(40)38-44-28(5)42-25-26(2)3/h20-23,26-28,30,34,36H,6-19,24-25H2,1-5H3,(H,37,39)(H,38,40). The number of ether oxygens (including phenoxy) is 2. The number of hydrogen-bond donors (Lipinski definition) is 3. The maximum Gasteiger partial charge on any atom is 0.323 e. The van der Waals surface area contributed by atoms with Crippen molar-refractivity contribution >= 4 is 23.5 Å². The molecule has 9 nitrogen and oxygen atoms in total. The first-order chi connectivity index (χ1) is 21.2. The molecule has 250 valence electrons. The number of benzene rings is 1. The number of hydrogen-bond acceptors (Lipinski definition) is 7. The molecule has 0 bridgehead atoms. The minimum atomic E-state index is -0.481. The summed E-state index contributed by atoms with van der Waals surface area (Å²) in [4.78, 5) is 42.7. The van der Waals surface area contributed by atoms with Gasteiger partial charge in [0.2, 0.25) is 11.8 Å². The van der Waals surface area contributed by atoms with Crippen LogP contribution in [0.5, 0.6) is 0 Å². The second-order valence-electron chi connectivity index (χ2n) is 12.7. The first-order valence-corrected chi connectivity index (χ1v) is 17.1. The number of anilines is 1. The highest BCUT2D eigenvalue weighted by Gasteiger charge is 2.31. The topological polar surface area (TPSA) is 115 Å². The van der Waals surface area contributed by atoms with Crippen molar-refractivity contribution in [1.29, 1.82) is 0 Å². The molecule has 0 saturated heterocycles. The van der Waals surface area contributed by atoms with Crippen molar-refractivity contribution in [3.05, 3.63) is 29.8 Å². The van der Waals surface area contributed by atoms with Crippen LogP contribution in [0.25, 0.3) is 0 Å². The molecule has 3 atom stereocenters. The van der Waals surface area contributed by atoms with Crippen molar-refractivity contribution in [2.45, 2.75) is 149 Å². The molecule has 1 saturated carbocycles. The van der Waals surface area contributed by atoms with Crippen LogP contribution in [0.1, 0.15) is 130 Å². The molecule has 1 aromatic carbocycles. The normalized spacial score (nSPS) is 15.9. The van der Waals surface area contributed by atoms with Gasteiger partial charge in [-0.2, -0.15) is 0 Å². The zero-order chi connectivity index (χ0) is 32.2. The third-order valence-corrected chi connectivity index (χ3v) is 7.98. The molecular formula is C35H59N3O6. The van der Waals surface area contributed by atoms with Gasteiger partial charge >= 0.3 is 5.97 Å². The molecule has 0 heterocycles. The van der Waals surface area contributed by atoms with E-state index in [-0.39, 0.29) is 29.9 Å². The lowest BCUT2D eigenvalue weighted by molar-refractivity contribution is -0.183. The van der Waals surface area contributed by atoms with E-state index in [4.69, 9.17) is 14.3 Å². The molecule has 1 aromatic rings. The highest BCUT2D eigenvalue weighted by atomic mass is 16.8. The van der Waals surface area contributed by atoms with E-state index in [0.29, 0.717) is 37.8 Å². The Hall–Kier alpha value is -2.49. The Morgan fingerprint density at radius 1 is 0.864 bits per heavy atom. The quantitative estimate of drug-likeness (QED) is 0.0546. The minimum absolute atomic E-state index is 0.0188. The molecule has 1 aliphatic carbocycles. The second-order valence-corrected chi connectivity index (χ2v) is 12.7. The Labute approximate surface area is 265 Å². The molecule has 0 radical (unpaired) electrons. The highest BCUT2D eigenvalue weighted by molar-refractivity contribution is 5.90. The van der Waals surface area contributed by atoms with E-state index in [9.17, 15) is 14.4 Å². The number of unbranched alkanes of at least 4 members (excludes halogenated alkanes) is 4. The summed E-state index contributed by atoms with van der Waals surface area (Å²) in [7, 11) is 0. The third kappa shape index (κ3) is 16.5. The van der Waals surface area contributed by atoms with Gasteiger partial charge in [0, 0.05) is 25.1 Å². The lowest BCUT2D eigenvalue weighted by Crippen LogP contribution is -2.45. The van der Waals surface area contributed by atoms with E-state index in [1.54, 1.807) is 6.92 Å². The Morgan fingerprint density at radius 3 is 2.16 bits per heavy atom. The van der Waals surface area contributed by atoms with E-state index >= 15 is 0 Å². The van der Waals surface area contributed by atoms with Gasteiger partial charge in [-0.25, -0.2) is 10.3 Å². The molecule has 44 heavy (non-hydrogen) atoms. The van der Waals surface area contributed by atoms with E-state index in [1.165, 1.54) is 6.42 Å². The van der Waals surface area contributed by atoms with E-state index in [2.05, 4.69) is 36.9 Å². The summed E-state index contributed by atoms with van der Waals surface area (Å²) < 4.78 is 11.3. The fraction of sp³-hybridized carbons (Fsp3) is 0.743. The number of esters is 1. The van der Waals surface area contributed by atoms with Crippen LogP contribution < -0.4 is 16.1 Å². The van der Waals surface area contributed by atoms with Crippen LogP contribution >= 0.6 is 0 Å². The molecule has 0 spiro atoms. The fourth-order valence-corrected chi connectivity index (χ4v) is 5.38. The number of rotatable bonds is 22. The van der Waals surface area contributed by atoms with Gasteiger partial charge in [0.05, 0.1) is 12.7 Å². The molecule has 3 unspecified atom stereocenters. The van der Waals surface area contributed by atoms with Gasteiger partial charge < -0.3 is 20.1 Å². The molecule has 0 aliphatic heterocycles.